The van der Waals surface area contributed by atoms with E-state index in [1.165, 1.54) is 53.4 Å². The Kier molecular flexibility index (Phi) is 7.04. The van der Waals surface area contributed by atoms with Crippen LogP contribution in [0.3, 0.4) is 0 Å². The van der Waals surface area contributed by atoms with Gasteiger partial charge < -0.3 is 0 Å². The fourth-order valence-electron chi connectivity index (χ4n) is 6.64. The van der Waals surface area contributed by atoms with Crippen molar-refractivity contribution in [1.29, 1.82) is 0 Å². The molecule has 0 unspecified atom stereocenters. The van der Waals surface area contributed by atoms with Crippen molar-refractivity contribution in [2.24, 2.45) is 0 Å². The molecule has 48 heavy (non-hydrogen) atoms. The van der Waals surface area contributed by atoms with Gasteiger partial charge in [-0.15, -0.1) is 11.3 Å². The van der Waals surface area contributed by atoms with Gasteiger partial charge in [0.1, 0.15) is 0 Å². The van der Waals surface area contributed by atoms with Crippen LogP contribution in [0.25, 0.3) is 87.1 Å². The Labute approximate surface area is 286 Å². The zero-order valence-electron chi connectivity index (χ0n) is 25.6. The number of benzene rings is 7. The molecule has 0 atom stereocenters. The molecule has 0 aliphatic heterocycles. The predicted octanol–water partition coefficient (Wildman–Crippen LogP) is 12.4. The lowest BCUT2D eigenvalue weighted by Gasteiger charge is -2.13. The van der Waals surface area contributed by atoms with E-state index in [1.807, 2.05) is 6.07 Å². The van der Waals surface area contributed by atoms with Crippen LogP contribution in [0.4, 0.5) is 0 Å². The fraction of sp³-hybridized carbons (Fsp3) is 0. The van der Waals surface area contributed by atoms with Gasteiger partial charge in [0.15, 0.2) is 11.6 Å². The van der Waals surface area contributed by atoms with Crippen molar-refractivity contribution in [1.82, 2.24) is 15.0 Å². The van der Waals surface area contributed by atoms with Crippen LogP contribution in [-0.4, -0.2) is 15.0 Å². The molecule has 2 heterocycles. The Balaban J connectivity index is 1.11. The Bertz CT molecular complexity index is 2610. The number of rotatable bonds is 5. The lowest BCUT2D eigenvalue weighted by atomic mass is 9.92. The number of aromatic nitrogens is 3. The molecule has 0 amide bonds. The number of hydrogen-bond donors (Lipinski definition) is 0. The van der Waals surface area contributed by atoms with Crippen LogP contribution in [0, 0.1) is 0 Å². The normalized spacial score (nSPS) is 11.4. The summed E-state index contributed by atoms with van der Waals surface area (Å²) in [5.74, 6) is 1.11. The van der Waals surface area contributed by atoms with E-state index >= 15 is 0 Å². The summed E-state index contributed by atoms with van der Waals surface area (Å²) >= 11 is 8.37. The average Bonchev–Trinajstić information content (AvgIpc) is 3.53. The number of thiophene rings is 1. The van der Waals surface area contributed by atoms with Gasteiger partial charge in [0, 0.05) is 31.3 Å². The van der Waals surface area contributed by atoms with Gasteiger partial charge in [-0.2, -0.15) is 9.97 Å². The second-order valence-corrected chi connectivity index (χ2v) is 13.2. The second-order valence-electron chi connectivity index (χ2n) is 11.8. The van der Waals surface area contributed by atoms with Crippen molar-refractivity contribution in [3.05, 3.63) is 163 Å². The number of hydrogen-bond acceptors (Lipinski definition) is 4. The van der Waals surface area contributed by atoms with Gasteiger partial charge in [0.25, 0.3) is 0 Å². The highest BCUT2D eigenvalue weighted by molar-refractivity contribution is 7.26. The molecule has 0 spiro atoms. The van der Waals surface area contributed by atoms with Gasteiger partial charge in [-0.1, -0.05) is 140 Å². The van der Waals surface area contributed by atoms with E-state index in [0.717, 1.165) is 22.1 Å². The molecule has 2 aromatic heterocycles. The maximum Gasteiger partial charge on any atom is 0.226 e. The third kappa shape index (κ3) is 5.03. The first-order valence-electron chi connectivity index (χ1n) is 15.8. The third-order valence-electron chi connectivity index (χ3n) is 8.91. The van der Waals surface area contributed by atoms with Crippen LogP contribution in [0.5, 0.6) is 0 Å². The minimum absolute atomic E-state index is 0.170. The van der Waals surface area contributed by atoms with E-state index in [2.05, 4.69) is 162 Å². The number of halogens is 1. The zero-order chi connectivity index (χ0) is 32.0. The molecule has 0 aliphatic carbocycles. The SMILES string of the molecule is Clc1nc(-c2ccc(-c3ccc(-c4ccccc4)c4ccccc34)cc2)nc(-c2cccc3sc4ccc(-c5ccccc5)cc4c23)n1. The lowest BCUT2D eigenvalue weighted by molar-refractivity contribution is 1.07. The molecular formula is C43H26ClN3S. The van der Waals surface area contributed by atoms with Crippen molar-refractivity contribution in [2.45, 2.75) is 0 Å². The van der Waals surface area contributed by atoms with Gasteiger partial charge in [0.05, 0.1) is 0 Å². The highest BCUT2D eigenvalue weighted by Crippen LogP contribution is 2.41. The van der Waals surface area contributed by atoms with E-state index in [1.54, 1.807) is 11.3 Å². The van der Waals surface area contributed by atoms with Crippen LogP contribution >= 0.6 is 22.9 Å². The molecule has 3 nitrogen and oxygen atoms in total. The largest absolute Gasteiger partial charge is 0.226 e. The second kappa shape index (κ2) is 11.8. The molecular weight excluding hydrogens is 626 g/mol. The first-order chi connectivity index (χ1) is 23.7. The Hall–Kier alpha value is -5.68. The number of nitrogens with zero attached hydrogens (tertiary/aromatic N) is 3. The van der Waals surface area contributed by atoms with Gasteiger partial charge in [-0.05, 0) is 74.0 Å². The predicted molar refractivity (Wildman–Crippen MR) is 202 cm³/mol. The van der Waals surface area contributed by atoms with E-state index in [-0.39, 0.29) is 5.28 Å². The van der Waals surface area contributed by atoms with E-state index in [4.69, 9.17) is 16.6 Å². The van der Waals surface area contributed by atoms with Crippen molar-refractivity contribution < 1.29 is 0 Å². The fourth-order valence-corrected chi connectivity index (χ4v) is 7.91. The molecule has 5 heteroatoms. The van der Waals surface area contributed by atoms with Gasteiger partial charge in [-0.25, -0.2) is 4.98 Å². The summed E-state index contributed by atoms with van der Waals surface area (Å²) in [7, 11) is 0. The molecule has 0 fully saturated rings. The van der Waals surface area contributed by atoms with Crippen molar-refractivity contribution >= 4 is 53.9 Å². The summed E-state index contributed by atoms with van der Waals surface area (Å²) in [5, 5.41) is 4.92. The maximum atomic E-state index is 6.60. The average molecular weight is 652 g/mol. The molecule has 0 aliphatic rings. The topological polar surface area (TPSA) is 38.7 Å². The van der Waals surface area contributed by atoms with Gasteiger partial charge >= 0.3 is 0 Å². The standard InChI is InChI=1S/C43H26ClN3S/c44-43-46-41(30-20-18-29(19-21-30)33-24-23-32(28-12-5-2-6-13-28)34-14-7-8-15-35(33)34)45-42(47-43)36-16-9-17-39-40(36)37-26-31(22-25-38(37)48-39)27-10-3-1-4-11-27/h1-26H. The number of fused-ring (bicyclic) bond motifs is 4. The smallest absolute Gasteiger partial charge is 0.208 e. The Morgan fingerprint density at radius 2 is 0.958 bits per heavy atom. The zero-order valence-corrected chi connectivity index (χ0v) is 27.2. The van der Waals surface area contributed by atoms with Crippen LogP contribution in [0.15, 0.2) is 158 Å². The summed E-state index contributed by atoms with van der Waals surface area (Å²) in [6.07, 6.45) is 0. The molecule has 0 N–H and O–H groups in total. The molecule has 226 valence electrons. The summed E-state index contributed by atoms with van der Waals surface area (Å²) in [6, 6.07) is 55.4. The molecule has 9 rings (SSSR count). The Morgan fingerprint density at radius 1 is 0.375 bits per heavy atom. The molecule has 9 aromatic rings. The van der Waals surface area contributed by atoms with Crippen LogP contribution in [-0.2, 0) is 0 Å². The minimum Gasteiger partial charge on any atom is -0.208 e. The highest BCUT2D eigenvalue weighted by atomic mass is 35.5. The summed E-state index contributed by atoms with van der Waals surface area (Å²) < 4.78 is 2.40. The minimum atomic E-state index is 0.170. The van der Waals surface area contributed by atoms with Crippen molar-refractivity contribution in [2.75, 3.05) is 0 Å². The first-order valence-corrected chi connectivity index (χ1v) is 17.0. The Morgan fingerprint density at radius 3 is 1.67 bits per heavy atom. The van der Waals surface area contributed by atoms with E-state index < -0.39 is 0 Å². The highest BCUT2D eigenvalue weighted by Gasteiger charge is 2.17. The van der Waals surface area contributed by atoms with Crippen LogP contribution in [0.1, 0.15) is 0 Å². The van der Waals surface area contributed by atoms with Gasteiger partial charge in [-0.3, -0.25) is 0 Å². The van der Waals surface area contributed by atoms with Crippen molar-refractivity contribution in [3.8, 4) is 56.2 Å². The molecule has 7 aromatic carbocycles. The molecule has 0 saturated heterocycles. The molecule has 0 bridgehead atoms. The maximum absolute atomic E-state index is 6.60. The van der Waals surface area contributed by atoms with Gasteiger partial charge in [0.2, 0.25) is 5.28 Å². The monoisotopic (exact) mass is 651 g/mol. The van der Waals surface area contributed by atoms with Crippen LogP contribution < -0.4 is 0 Å². The first kappa shape index (κ1) is 28.5. The van der Waals surface area contributed by atoms with Crippen LogP contribution in [0.2, 0.25) is 5.28 Å². The summed E-state index contributed by atoms with van der Waals surface area (Å²) in [5.41, 5.74) is 8.92. The summed E-state index contributed by atoms with van der Waals surface area (Å²) in [4.78, 5) is 14.2. The van der Waals surface area contributed by atoms with E-state index in [0.29, 0.717) is 11.6 Å². The third-order valence-corrected chi connectivity index (χ3v) is 10.2. The molecule has 0 saturated carbocycles. The summed E-state index contributed by atoms with van der Waals surface area (Å²) in [6.45, 7) is 0. The molecule has 0 radical (unpaired) electrons. The van der Waals surface area contributed by atoms with Crippen molar-refractivity contribution in [3.63, 3.8) is 0 Å². The lowest BCUT2D eigenvalue weighted by Crippen LogP contribution is -1.97. The van der Waals surface area contributed by atoms with E-state index in [9.17, 15) is 0 Å². The quantitative estimate of drug-likeness (QED) is 0.186.